The Hall–Kier alpha value is -0.730. The highest BCUT2D eigenvalue weighted by Gasteiger charge is 2.37. The van der Waals surface area contributed by atoms with Gasteiger partial charge in [-0.05, 0) is 36.4 Å². The summed E-state index contributed by atoms with van der Waals surface area (Å²) in [6.07, 6.45) is 0.869. The summed E-state index contributed by atoms with van der Waals surface area (Å²) in [6, 6.07) is 7.48. The molecule has 0 spiro atoms. The van der Waals surface area contributed by atoms with Crippen LogP contribution in [0.15, 0.2) is 24.3 Å². The largest absolute Gasteiger partial charge is 0.390 e. The van der Waals surface area contributed by atoms with Gasteiger partial charge in [-0.3, -0.25) is 0 Å². The molecule has 0 radical (unpaired) electrons. The molecule has 1 heterocycles. The lowest BCUT2D eigenvalue weighted by molar-refractivity contribution is -0.130. The Morgan fingerprint density at radius 3 is 2.79 bits per heavy atom. The van der Waals surface area contributed by atoms with Crippen molar-refractivity contribution >= 4 is 23.4 Å². The maximum atomic E-state index is 10.3. The molecule has 102 valence electrons. The predicted octanol–water partition coefficient (Wildman–Crippen LogP) is 3.53. The number of thioether (sulfide) groups is 1. The summed E-state index contributed by atoms with van der Waals surface area (Å²) in [5.74, 6) is 0.580. The highest BCUT2D eigenvalue weighted by Crippen LogP contribution is 2.38. The monoisotopic (exact) mass is 297 g/mol. The fraction of sp³-hybridized carbons (Fsp3) is 0.500. The first-order valence-corrected chi connectivity index (χ1v) is 7.51. The number of ether oxygens (including phenoxy) is 1. The maximum absolute atomic E-state index is 10.3. The van der Waals surface area contributed by atoms with Crippen LogP contribution >= 0.6 is 23.4 Å². The summed E-state index contributed by atoms with van der Waals surface area (Å²) in [5, 5.41) is 21.7. The summed E-state index contributed by atoms with van der Waals surface area (Å²) in [7, 11) is 0. The fourth-order valence-electron chi connectivity index (χ4n) is 2.40. The molecule has 1 N–H and O–H groups in total. The maximum Gasteiger partial charge on any atom is 0.133 e. The summed E-state index contributed by atoms with van der Waals surface area (Å²) in [4.78, 5) is 0. The fourth-order valence-corrected chi connectivity index (χ4v) is 2.99. The number of thiocyanates is 1. The Morgan fingerprint density at radius 1 is 1.47 bits per heavy atom. The van der Waals surface area contributed by atoms with Gasteiger partial charge >= 0.3 is 0 Å². The number of rotatable bonds is 3. The van der Waals surface area contributed by atoms with E-state index in [1.807, 2.05) is 36.6 Å². The van der Waals surface area contributed by atoms with Gasteiger partial charge in [0.1, 0.15) is 5.40 Å². The minimum absolute atomic E-state index is 0.103. The van der Waals surface area contributed by atoms with E-state index in [0.717, 1.165) is 17.3 Å². The number of hydrogen-bond acceptors (Lipinski definition) is 4. The molecule has 0 saturated carbocycles. The number of halogens is 1. The van der Waals surface area contributed by atoms with Crippen LogP contribution in [0.4, 0.5) is 0 Å². The molecule has 0 unspecified atom stereocenters. The van der Waals surface area contributed by atoms with Gasteiger partial charge in [-0.1, -0.05) is 23.7 Å². The molecule has 19 heavy (non-hydrogen) atoms. The average molecular weight is 298 g/mol. The van der Waals surface area contributed by atoms with Crippen molar-refractivity contribution in [3.05, 3.63) is 34.9 Å². The minimum Gasteiger partial charge on any atom is -0.390 e. The first-order chi connectivity index (χ1) is 9.00. The second-order valence-corrected chi connectivity index (χ2v) is 6.35. The Bertz CT molecular complexity index is 469. The third kappa shape index (κ3) is 4.12. The van der Waals surface area contributed by atoms with Crippen molar-refractivity contribution < 1.29 is 9.84 Å². The van der Waals surface area contributed by atoms with Gasteiger partial charge in [0.2, 0.25) is 0 Å². The molecule has 0 amide bonds. The molecule has 1 aromatic carbocycles. The lowest BCUT2D eigenvalue weighted by Gasteiger charge is -2.39. The molecular formula is C14H16ClNO2S. The van der Waals surface area contributed by atoms with Crippen LogP contribution in [0.25, 0.3) is 0 Å². The second-order valence-electron chi connectivity index (χ2n) is 5.11. The Labute approximate surface area is 122 Å². The molecule has 5 heteroatoms. The van der Waals surface area contributed by atoms with Crippen molar-refractivity contribution in [3.63, 3.8) is 0 Å². The van der Waals surface area contributed by atoms with E-state index in [0.29, 0.717) is 23.6 Å². The SMILES string of the molecule is C[C@]1(O)C[C@@H](CSC#N)O[C@@H](c2ccc(Cl)cc2)C1. The first kappa shape index (κ1) is 14.7. The van der Waals surface area contributed by atoms with Crippen LogP contribution < -0.4 is 0 Å². The van der Waals surface area contributed by atoms with Crippen LogP contribution in [-0.4, -0.2) is 22.6 Å². The van der Waals surface area contributed by atoms with E-state index in [1.54, 1.807) is 0 Å². The van der Waals surface area contributed by atoms with Crippen LogP contribution in [0.5, 0.6) is 0 Å². The minimum atomic E-state index is -0.761. The van der Waals surface area contributed by atoms with Crippen LogP contribution in [0.1, 0.15) is 31.4 Å². The van der Waals surface area contributed by atoms with Gasteiger partial charge in [0, 0.05) is 23.6 Å². The molecule has 1 aliphatic rings. The predicted molar refractivity (Wildman–Crippen MR) is 77.0 cm³/mol. The molecular weight excluding hydrogens is 282 g/mol. The highest BCUT2D eigenvalue weighted by atomic mass is 35.5. The Balaban J connectivity index is 2.11. The van der Waals surface area contributed by atoms with Crippen molar-refractivity contribution in [3.8, 4) is 5.40 Å². The summed E-state index contributed by atoms with van der Waals surface area (Å²) in [6.45, 7) is 1.82. The first-order valence-electron chi connectivity index (χ1n) is 6.14. The summed E-state index contributed by atoms with van der Waals surface area (Å²) < 4.78 is 5.98. The van der Waals surface area contributed by atoms with Crippen molar-refractivity contribution in [2.75, 3.05) is 5.75 Å². The highest BCUT2D eigenvalue weighted by molar-refractivity contribution is 8.03. The lowest BCUT2D eigenvalue weighted by Crippen LogP contribution is -2.40. The van der Waals surface area contributed by atoms with Gasteiger partial charge in [-0.25, -0.2) is 0 Å². The van der Waals surface area contributed by atoms with Crippen molar-refractivity contribution in [2.24, 2.45) is 0 Å². The van der Waals surface area contributed by atoms with E-state index >= 15 is 0 Å². The average Bonchev–Trinajstić information content (AvgIpc) is 2.35. The van der Waals surface area contributed by atoms with Gasteiger partial charge in [-0.2, -0.15) is 5.26 Å². The Morgan fingerprint density at radius 2 is 2.16 bits per heavy atom. The van der Waals surface area contributed by atoms with Crippen LogP contribution in [-0.2, 0) is 4.74 Å². The van der Waals surface area contributed by atoms with E-state index in [2.05, 4.69) is 0 Å². The molecule has 0 aromatic heterocycles. The van der Waals surface area contributed by atoms with Crippen molar-refractivity contribution in [1.29, 1.82) is 5.26 Å². The van der Waals surface area contributed by atoms with Crippen molar-refractivity contribution in [2.45, 2.75) is 37.6 Å². The molecule has 2 rings (SSSR count). The molecule has 3 nitrogen and oxygen atoms in total. The van der Waals surface area contributed by atoms with Crippen LogP contribution in [0.3, 0.4) is 0 Å². The smallest absolute Gasteiger partial charge is 0.133 e. The number of benzene rings is 1. The Kier molecular flexibility index (Phi) is 4.75. The molecule has 3 atom stereocenters. The van der Waals surface area contributed by atoms with Crippen molar-refractivity contribution in [1.82, 2.24) is 0 Å². The van der Waals surface area contributed by atoms with E-state index in [-0.39, 0.29) is 12.2 Å². The van der Waals surface area contributed by atoms with E-state index in [9.17, 15) is 5.11 Å². The zero-order valence-electron chi connectivity index (χ0n) is 10.7. The second kappa shape index (κ2) is 6.15. The van der Waals surface area contributed by atoms with Crippen LogP contribution in [0, 0.1) is 10.7 Å². The van der Waals surface area contributed by atoms with Gasteiger partial charge in [0.25, 0.3) is 0 Å². The van der Waals surface area contributed by atoms with E-state index in [1.165, 1.54) is 0 Å². The molecule has 0 aliphatic carbocycles. The van der Waals surface area contributed by atoms with E-state index in [4.69, 9.17) is 21.6 Å². The molecule has 0 bridgehead atoms. The van der Waals surface area contributed by atoms with Gasteiger partial charge in [0.05, 0.1) is 17.8 Å². The number of hydrogen-bond donors (Lipinski definition) is 1. The van der Waals surface area contributed by atoms with E-state index < -0.39 is 5.60 Å². The third-order valence-corrected chi connectivity index (χ3v) is 4.14. The number of aliphatic hydroxyl groups is 1. The quantitative estimate of drug-likeness (QED) is 0.867. The normalized spacial score (nSPS) is 30.8. The summed E-state index contributed by atoms with van der Waals surface area (Å²) in [5.41, 5.74) is 0.250. The molecule has 1 saturated heterocycles. The van der Waals surface area contributed by atoms with Gasteiger partial charge in [-0.15, -0.1) is 0 Å². The molecule has 1 aliphatic heterocycles. The third-order valence-electron chi connectivity index (χ3n) is 3.22. The topological polar surface area (TPSA) is 53.2 Å². The lowest BCUT2D eigenvalue weighted by atomic mass is 9.86. The molecule has 1 fully saturated rings. The van der Waals surface area contributed by atoms with Crippen LogP contribution in [0.2, 0.25) is 5.02 Å². The zero-order chi connectivity index (χ0) is 13.9. The number of nitriles is 1. The van der Waals surface area contributed by atoms with Gasteiger partial charge < -0.3 is 9.84 Å². The van der Waals surface area contributed by atoms with Gasteiger partial charge in [0.15, 0.2) is 0 Å². The zero-order valence-corrected chi connectivity index (χ0v) is 12.2. The molecule has 1 aromatic rings. The number of nitrogens with zero attached hydrogens (tertiary/aromatic N) is 1. The standard InChI is InChI=1S/C14H16ClNO2S/c1-14(17)6-12(8-19-9-16)18-13(7-14)10-2-4-11(15)5-3-10/h2-5,12-13,17H,6-8H2,1H3/t12-,13+,14-/m0/s1. The summed E-state index contributed by atoms with van der Waals surface area (Å²) >= 11 is 7.04.